The fraction of sp³-hybridized carbons (Fsp3) is 0.423. The Kier molecular flexibility index (Phi) is 5.73. The number of hydrogen-bond donors (Lipinski definition) is 3. The molecule has 2 fully saturated rings. The zero-order valence-corrected chi connectivity index (χ0v) is 18.9. The minimum Gasteiger partial charge on any atom is -0.480 e. The molecule has 0 bridgehead atoms. The number of alkyl halides is 2. The summed E-state index contributed by atoms with van der Waals surface area (Å²) in [6, 6.07) is 13.7. The van der Waals surface area contributed by atoms with Crippen LogP contribution in [0.4, 0.5) is 13.6 Å². The Labute approximate surface area is 200 Å². The van der Waals surface area contributed by atoms with Crippen LogP contribution in [0.3, 0.4) is 0 Å². The molecule has 1 atom stereocenters. The highest BCUT2D eigenvalue weighted by molar-refractivity contribution is 5.92. The Hall–Kier alpha value is -3.49. The number of halogens is 2. The van der Waals surface area contributed by atoms with Crippen LogP contribution < -0.4 is 10.6 Å². The molecule has 0 radical (unpaired) electrons. The first kappa shape index (κ1) is 23.3. The van der Waals surface area contributed by atoms with E-state index in [4.69, 9.17) is 4.74 Å². The van der Waals surface area contributed by atoms with Gasteiger partial charge < -0.3 is 20.5 Å². The number of amides is 2. The molecule has 3 aliphatic carbocycles. The van der Waals surface area contributed by atoms with Crippen LogP contribution in [0.15, 0.2) is 48.5 Å². The molecule has 184 valence electrons. The molecule has 3 aliphatic rings. The van der Waals surface area contributed by atoms with E-state index in [1.807, 2.05) is 53.8 Å². The van der Waals surface area contributed by atoms with Gasteiger partial charge in [0.1, 0.15) is 18.2 Å². The van der Waals surface area contributed by atoms with Crippen LogP contribution in [-0.4, -0.2) is 47.2 Å². The summed E-state index contributed by atoms with van der Waals surface area (Å²) in [5, 5.41) is 13.6. The van der Waals surface area contributed by atoms with Gasteiger partial charge >= 0.3 is 18.0 Å². The molecule has 0 aliphatic heterocycles. The predicted molar refractivity (Wildman–Crippen MR) is 122 cm³/mol. The number of carboxylic acid groups (broad SMARTS) is 1. The van der Waals surface area contributed by atoms with Crippen molar-refractivity contribution in [1.29, 1.82) is 0 Å². The van der Waals surface area contributed by atoms with Crippen LogP contribution in [0.5, 0.6) is 0 Å². The normalized spacial score (nSPS) is 19.0. The standard InChI is InChI=1S/C26H26F2N2O5/c27-26(28,22(31)30-25(23(32)33)12-5-13-25)21(15-10-11-15)29-24(34)35-14-20-18-8-3-1-6-16(18)17-7-2-4-9-19(17)20/h1-4,6-9,15,20-21H,5,10-14H2,(H,29,34)(H,30,31)(H,32,33). The van der Waals surface area contributed by atoms with Gasteiger partial charge in [0.2, 0.25) is 0 Å². The number of carboxylic acids is 1. The monoisotopic (exact) mass is 484 g/mol. The molecule has 0 saturated heterocycles. The average Bonchev–Trinajstić information content (AvgIpc) is 3.60. The Morgan fingerprint density at radius 3 is 2.09 bits per heavy atom. The lowest BCUT2D eigenvalue weighted by atomic mass is 9.76. The summed E-state index contributed by atoms with van der Waals surface area (Å²) in [6.45, 7) is -0.0445. The molecule has 0 aromatic heterocycles. The fourth-order valence-electron chi connectivity index (χ4n) is 5.07. The van der Waals surface area contributed by atoms with Crippen LogP contribution in [0.2, 0.25) is 0 Å². The second kappa shape index (κ2) is 8.62. The zero-order valence-electron chi connectivity index (χ0n) is 18.9. The van der Waals surface area contributed by atoms with Crippen molar-refractivity contribution in [3.05, 3.63) is 59.7 Å². The average molecular weight is 484 g/mol. The van der Waals surface area contributed by atoms with E-state index >= 15 is 8.78 Å². The number of ether oxygens (including phenoxy) is 1. The highest BCUT2D eigenvalue weighted by atomic mass is 19.3. The van der Waals surface area contributed by atoms with Crippen molar-refractivity contribution in [3.63, 3.8) is 0 Å². The maximum absolute atomic E-state index is 15.1. The second-order valence-electron chi connectivity index (χ2n) is 9.60. The van der Waals surface area contributed by atoms with E-state index in [1.165, 1.54) is 0 Å². The summed E-state index contributed by atoms with van der Waals surface area (Å²) in [7, 11) is 0. The lowest BCUT2D eigenvalue weighted by molar-refractivity contribution is -0.162. The highest BCUT2D eigenvalue weighted by Crippen LogP contribution is 2.45. The molecule has 2 amide bonds. The predicted octanol–water partition coefficient (Wildman–Crippen LogP) is 4.06. The van der Waals surface area contributed by atoms with Crippen molar-refractivity contribution < 1.29 is 33.0 Å². The van der Waals surface area contributed by atoms with E-state index < -0.39 is 41.4 Å². The maximum Gasteiger partial charge on any atom is 0.407 e. The summed E-state index contributed by atoms with van der Waals surface area (Å²) in [5.74, 6) is -7.82. The second-order valence-corrected chi connectivity index (χ2v) is 9.60. The number of aliphatic carboxylic acids is 1. The minimum absolute atomic E-state index is 0.0445. The van der Waals surface area contributed by atoms with Gasteiger partial charge in [-0.05, 0) is 60.3 Å². The van der Waals surface area contributed by atoms with Gasteiger partial charge in [-0.1, -0.05) is 48.5 Å². The van der Waals surface area contributed by atoms with Crippen LogP contribution in [0.25, 0.3) is 11.1 Å². The molecule has 9 heteroatoms. The quantitative estimate of drug-likeness (QED) is 0.524. The van der Waals surface area contributed by atoms with Gasteiger partial charge in [0.05, 0.1) is 0 Å². The highest BCUT2D eigenvalue weighted by Gasteiger charge is 2.57. The summed E-state index contributed by atoms with van der Waals surface area (Å²) in [5.41, 5.74) is 2.39. The maximum atomic E-state index is 15.1. The van der Waals surface area contributed by atoms with E-state index in [0.29, 0.717) is 19.3 Å². The van der Waals surface area contributed by atoms with Gasteiger partial charge in [0.15, 0.2) is 0 Å². The van der Waals surface area contributed by atoms with E-state index in [9.17, 15) is 19.5 Å². The SMILES string of the molecule is O=C(NC(C1CC1)C(F)(F)C(=O)NC1(C(=O)O)CCC1)OCC1c2ccccc2-c2ccccc21. The van der Waals surface area contributed by atoms with Gasteiger partial charge in [-0.2, -0.15) is 8.78 Å². The molecule has 7 nitrogen and oxygen atoms in total. The zero-order chi connectivity index (χ0) is 24.8. The molecule has 2 saturated carbocycles. The Morgan fingerprint density at radius 1 is 1.03 bits per heavy atom. The number of rotatable bonds is 8. The van der Waals surface area contributed by atoms with Crippen molar-refractivity contribution in [2.75, 3.05) is 6.61 Å². The Balaban J connectivity index is 1.26. The molecule has 0 spiro atoms. The van der Waals surface area contributed by atoms with Crippen molar-refractivity contribution in [3.8, 4) is 11.1 Å². The first-order chi connectivity index (χ1) is 16.7. The first-order valence-electron chi connectivity index (χ1n) is 11.8. The molecule has 1 unspecified atom stereocenters. The summed E-state index contributed by atoms with van der Waals surface area (Å²) >= 11 is 0. The number of carbonyl (C=O) groups is 3. The third kappa shape index (κ3) is 4.13. The molecular weight excluding hydrogens is 458 g/mol. The largest absolute Gasteiger partial charge is 0.480 e. The topological polar surface area (TPSA) is 105 Å². The smallest absolute Gasteiger partial charge is 0.407 e. The molecule has 5 rings (SSSR count). The molecule has 35 heavy (non-hydrogen) atoms. The lowest BCUT2D eigenvalue weighted by Crippen LogP contribution is -2.65. The third-order valence-electron chi connectivity index (χ3n) is 7.37. The number of hydrogen-bond acceptors (Lipinski definition) is 4. The Bertz CT molecular complexity index is 1130. The number of alkyl carbamates (subject to hydrolysis) is 1. The van der Waals surface area contributed by atoms with Crippen LogP contribution in [-0.2, 0) is 14.3 Å². The first-order valence-corrected chi connectivity index (χ1v) is 11.8. The van der Waals surface area contributed by atoms with Crippen LogP contribution >= 0.6 is 0 Å². The number of benzene rings is 2. The summed E-state index contributed by atoms with van der Waals surface area (Å²) < 4.78 is 35.7. The van der Waals surface area contributed by atoms with Crippen LogP contribution in [0.1, 0.15) is 49.1 Å². The van der Waals surface area contributed by atoms with Gasteiger partial charge in [0, 0.05) is 5.92 Å². The van der Waals surface area contributed by atoms with Crippen LogP contribution in [0, 0.1) is 5.92 Å². The molecule has 0 heterocycles. The van der Waals surface area contributed by atoms with E-state index in [1.54, 1.807) is 0 Å². The van der Waals surface area contributed by atoms with Gasteiger partial charge in [-0.3, -0.25) is 4.79 Å². The van der Waals surface area contributed by atoms with Crippen molar-refractivity contribution >= 4 is 18.0 Å². The number of carbonyl (C=O) groups excluding carboxylic acids is 2. The summed E-state index contributed by atoms with van der Waals surface area (Å²) in [4.78, 5) is 36.6. The van der Waals surface area contributed by atoms with Crippen molar-refractivity contribution in [2.45, 2.75) is 55.5 Å². The van der Waals surface area contributed by atoms with Crippen molar-refractivity contribution in [2.24, 2.45) is 5.92 Å². The molecule has 2 aromatic rings. The fourth-order valence-corrected chi connectivity index (χ4v) is 5.07. The van der Waals surface area contributed by atoms with E-state index in [2.05, 4.69) is 5.32 Å². The Morgan fingerprint density at radius 2 is 1.60 bits per heavy atom. The van der Waals surface area contributed by atoms with Gasteiger partial charge in [-0.15, -0.1) is 0 Å². The number of fused-ring (bicyclic) bond motifs is 3. The van der Waals surface area contributed by atoms with Gasteiger partial charge in [-0.25, -0.2) is 9.59 Å². The third-order valence-corrected chi connectivity index (χ3v) is 7.37. The number of nitrogens with one attached hydrogen (secondary N) is 2. The molecular formula is C26H26F2N2O5. The van der Waals surface area contributed by atoms with Gasteiger partial charge in [0.25, 0.3) is 5.91 Å². The van der Waals surface area contributed by atoms with E-state index in [-0.39, 0.29) is 25.4 Å². The minimum atomic E-state index is -3.98. The molecule has 3 N–H and O–H groups in total. The van der Waals surface area contributed by atoms with E-state index in [0.717, 1.165) is 22.3 Å². The summed E-state index contributed by atoms with van der Waals surface area (Å²) in [6.07, 6.45) is 0.550. The molecule has 2 aromatic carbocycles. The lowest BCUT2D eigenvalue weighted by Gasteiger charge is -2.39. The van der Waals surface area contributed by atoms with Crippen molar-refractivity contribution in [1.82, 2.24) is 10.6 Å².